The van der Waals surface area contributed by atoms with Gasteiger partial charge < -0.3 is 5.73 Å². The number of hydrogen-bond donors (Lipinski definition) is 1. The van der Waals surface area contributed by atoms with Crippen molar-refractivity contribution in [2.24, 2.45) is 0 Å². The van der Waals surface area contributed by atoms with Crippen LogP contribution in [0, 0.1) is 11.6 Å². The van der Waals surface area contributed by atoms with Gasteiger partial charge in [0.05, 0.1) is 21.9 Å². The van der Waals surface area contributed by atoms with Gasteiger partial charge in [0.15, 0.2) is 0 Å². The van der Waals surface area contributed by atoms with Crippen LogP contribution in [0.25, 0.3) is 11.1 Å². The molecule has 0 aliphatic heterocycles. The summed E-state index contributed by atoms with van der Waals surface area (Å²) in [6.07, 6.45) is 2.79. The number of nitrogens with two attached hydrogens (primary N) is 1. The SMILES string of the molecule is Nc1cnccc1-c1c(F)ccc(Br)c1F. The summed E-state index contributed by atoms with van der Waals surface area (Å²) in [5.74, 6) is -1.32. The van der Waals surface area contributed by atoms with Crippen molar-refractivity contribution < 1.29 is 8.78 Å². The quantitative estimate of drug-likeness (QED) is 0.816. The fraction of sp³-hybridized carbons (Fsp3) is 0. The second-order valence-electron chi connectivity index (χ2n) is 3.18. The Morgan fingerprint density at radius 3 is 2.62 bits per heavy atom. The van der Waals surface area contributed by atoms with Crippen LogP contribution < -0.4 is 5.73 Å². The molecule has 1 heterocycles. The van der Waals surface area contributed by atoms with Crippen LogP contribution in [0.5, 0.6) is 0 Å². The molecule has 0 aliphatic rings. The Hall–Kier alpha value is -1.49. The van der Waals surface area contributed by atoms with Crippen LogP contribution >= 0.6 is 15.9 Å². The minimum absolute atomic E-state index is 0.144. The maximum atomic E-state index is 13.8. The van der Waals surface area contributed by atoms with Crippen LogP contribution in [0.4, 0.5) is 14.5 Å². The van der Waals surface area contributed by atoms with E-state index in [1.165, 1.54) is 30.6 Å². The average molecular weight is 285 g/mol. The molecule has 0 radical (unpaired) electrons. The highest BCUT2D eigenvalue weighted by Gasteiger charge is 2.16. The summed E-state index contributed by atoms with van der Waals surface area (Å²) < 4.78 is 27.5. The zero-order valence-corrected chi connectivity index (χ0v) is 9.63. The van der Waals surface area contributed by atoms with Crippen LogP contribution in [0.3, 0.4) is 0 Å². The molecule has 0 amide bonds. The predicted molar refractivity (Wildman–Crippen MR) is 61.7 cm³/mol. The minimum atomic E-state index is -0.669. The molecule has 0 aliphatic carbocycles. The summed E-state index contributed by atoms with van der Waals surface area (Å²) in [6.45, 7) is 0. The van der Waals surface area contributed by atoms with Crippen LogP contribution in [0.1, 0.15) is 0 Å². The van der Waals surface area contributed by atoms with Gasteiger partial charge in [-0.05, 0) is 34.1 Å². The van der Waals surface area contributed by atoms with E-state index in [-0.39, 0.29) is 15.7 Å². The summed E-state index contributed by atoms with van der Waals surface area (Å²) in [7, 11) is 0. The molecule has 16 heavy (non-hydrogen) atoms. The highest BCUT2D eigenvalue weighted by atomic mass is 79.9. The van der Waals surface area contributed by atoms with Gasteiger partial charge in [0.1, 0.15) is 11.6 Å². The van der Waals surface area contributed by atoms with Crippen LogP contribution in [0.15, 0.2) is 35.1 Å². The molecule has 2 aromatic rings. The van der Waals surface area contributed by atoms with E-state index in [9.17, 15) is 8.78 Å². The minimum Gasteiger partial charge on any atom is -0.397 e. The first-order chi connectivity index (χ1) is 7.61. The number of halogens is 3. The Labute approximate surface area is 99.2 Å². The highest BCUT2D eigenvalue weighted by molar-refractivity contribution is 9.10. The van der Waals surface area contributed by atoms with Crippen molar-refractivity contribution in [3.8, 4) is 11.1 Å². The number of aromatic nitrogens is 1. The van der Waals surface area contributed by atoms with Gasteiger partial charge in [-0.1, -0.05) is 0 Å². The fourth-order valence-corrected chi connectivity index (χ4v) is 1.74. The lowest BCUT2D eigenvalue weighted by atomic mass is 10.0. The van der Waals surface area contributed by atoms with Crippen LogP contribution in [-0.2, 0) is 0 Å². The molecule has 82 valence electrons. The van der Waals surface area contributed by atoms with Crippen molar-refractivity contribution in [3.63, 3.8) is 0 Å². The fourth-order valence-electron chi connectivity index (χ4n) is 1.41. The second-order valence-corrected chi connectivity index (χ2v) is 4.04. The van der Waals surface area contributed by atoms with E-state index in [2.05, 4.69) is 20.9 Å². The van der Waals surface area contributed by atoms with Crippen molar-refractivity contribution in [2.75, 3.05) is 5.73 Å². The largest absolute Gasteiger partial charge is 0.397 e. The third-order valence-electron chi connectivity index (χ3n) is 2.17. The second kappa shape index (κ2) is 4.17. The molecule has 0 saturated heterocycles. The summed E-state index contributed by atoms with van der Waals surface area (Å²) in [6, 6.07) is 3.97. The number of nitrogen functional groups attached to an aromatic ring is 1. The number of hydrogen-bond acceptors (Lipinski definition) is 2. The van der Waals surface area contributed by atoms with E-state index in [1.54, 1.807) is 0 Å². The van der Waals surface area contributed by atoms with Gasteiger partial charge in [0, 0.05) is 11.8 Å². The Balaban J connectivity index is 2.74. The van der Waals surface area contributed by atoms with Gasteiger partial charge in [-0.3, -0.25) is 4.98 Å². The summed E-state index contributed by atoms with van der Waals surface area (Å²) >= 11 is 3.00. The Kier molecular flexibility index (Phi) is 2.87. The lowest BCUT2D eigenvalue weighted by molar-refractivity contribution is 0.585. The number of anilines is 1. The number of rotatable bonds is 1. The molecule has 0 saturated carbocycles. The number of pyridine rings is 1. The first-order valence-electron chi connectivity index (χ1n) is 4.44. The predicted octanol–water partition coefficient (Wildman–Crippen LogP) is 3.37. The maximum absolute atomic E-state index is 13.8. The molecule has 0 fully saturated rings. The molecule has 2 rings (SSSR count). The standard InChI is InChI=1S/C11H7BrF2N2/c12-7-1-2-8(13)10(11(7)14)6-3-4-16-5-9(6)15/h1-5H,15H2. The van der Waals surface area contributed by atoms with Crippen molar-refractivity contribution in [1.29, 1.82) is 0 Å². The smallest absolute Gasteiger partial charge is 0.148 e. The van der Waals surface area contributed by atoms with E-state index in [0.717, 1.165) is 0 Å². The molecule has 2 nitrogen and oxygen atoms in total. The van der Waals surface area contributed by atoms with Crippen molar-refractivity contribution in [3.05, 3.63) is 46.7 Å². The molecule has 0 spiro atoms. The number of nitrogens with zero attached hydrogens (tertiary/aromatic N) is 1. The highest BCUT2D eigenvalue weighted by Crippen LogP contribution is 2.33. The lowest BCUT2D eigenvalue weighted by Gasteiger charge is -2.08. The first kappa shape index (κ1) is 11.0. The van der Waals surface area contributed by atoms with Gasteiger partial charge in [0.25, 0.3) is 0 Å². The van der Waals surface area contributed by atoms with Crippen molar-refractivity contribution >= 4 is 21.6 Å². The van der Waals surface area contributed by atoms with Gasteiger partial charge in [-0.2, -0.15) is 0 Å². The van der Waals surface area contributed by atoms with Crippen LogP contribution in [-0.4, -0.2) is 4.98 Å². The molecule has 1 aromatic heterocycles. The van der Waals surface area contributed by atoms with Gasteiger partial charge in [-0.15, -0.1) is 0 Å². The summed E-state index contributed by atoms with van der Waals surface area (Å²) in [5, 5.41) is 0. The molecule has 0 unspecified atom stereocenters. The van der Waals surface area contributed by atoms with Gasteiger partial charge in [0.2, 0.25) is 0 Å². The summed E-state index contributed by atoms with van der Waals surface area (Å²) in [4.78, 5) is 3.77. The molecule has 2 N–H and O–H groups in total. The molecular weight excluding hydrogens is 278 g/mol. The average Bonchev–Trinajstić information content (AvgIpc) is 2.27. The Morgan fingerprint density at radius 2 is 1.94 bits per heavy atom. The monoisotopic (exact) mass is 284 g/mol. The maximum Gasteiger partial charge on any atom is 0.148 e. The first-order valence-corrected chi connectivity index (χ1v) is 5.24. The van der Waals surface area contributed by atoms with E-state index in [4.69, 9.17) is 5.73 Å². The van der Waals surface area contributed by atoms with E-state index in [0.29, 0.717) is 5.56 Å². The lowest BCUT2D eigenvalue weighted by Crippen LogP contribution is -1.96. The molecule has 1 aromatic carbocycles. The topological polar surface area (TPSA) is 38.9 Å². The molecule has 5 heteroatoms. The third kappa shape index (κ3) is 1.78. The van der Waals surface area contributed by atoms with Crippen molar-refractivity contribution in [2.45, 2.75) is 0 Å². The molecule has 0 bridgehead atoms. The van der Waals surface area contributed by atoms with Gasteiger partial charge >= 0.3 is 0 Å². The van der Waals surface area contributed by atoms with E-state index < -0.39 is 11.6 Å². The third-order valence-corrected chi connectivity index (χ3v) is 2.78. The Bertz CT molecular complexity index is 544. The molecule has 0 atom stereocenters. The van der Waals surface area contributed by atoms with Crippen molar-refractivity contribution in [1.82, 2.24) is 4.98 Å². The van der Waals surface area contributed by atoms with E-state index >= 15 is 0 Å². The number of benzene rings is 1. The van der Waals surface area contributed by atoms with E-state index in [1.807, 2.05) is 0 Å². The Morgan fingerprint density at radius 1 is 1.19 bits per heavy atom. The zero-order valence-electron chi connectivity index (χ0n) is 8.05. The normalized spacial score (nSPS) is 10.4. The molecular formula is C11H7BrF2N2. The summed E-state index contributed by atoms with van der Waals surface area (Å²) in [5.41, 5.74) is 6.02. The zero-order chi connectivity index (χ0) is 11.7. The van der Waals surface area contributed by atoms with Gasteiger partial charge in [-0.25, -0.2) is 8.78 Å². The van der Waals surface area contributed by atoms with Crippen LogP contribution in [0.2, 0.25) is 0 Å².